The summed E-state index contributed by atoms with van der Waals surface area (Å²) in [5.41, 5.74) is -0.548. The zero-order valence-electron chi connectivity index (χ0n) is 13.4. The molecule has 1 amide bonds. The number of nitrogens with one attached hydrogen (secondary N) is 1. The average Bonchev–Trinajstić information content (AvgIpc) is 2.57. The molecule has 25 heavy (non-hydrogen) atoms. The summed E-state index contributed by atoms with van der Waals surface area (Å²) in [5, 5.41) is 11.5. The van der Waals surface area contributed by atoms with Gasteiger partial charge in [-0.05, 0) is 37.3 Å². The van der Waals surface area contributed by atoms with E-state index < -0.39 is 29.0 Å². The number of carbonyl (C=O) groups excluding carboxylic acids is 2. The molecule has 0 radical (unpaired) electrons. The van der Waals surface area contributed by atoms with Crippen LogP contribution in [0.2, 0.25) is 0 Å². The van der Waals surface area contributed by atoms with Gasteiger partial charge in [0, 0.05) is 11.9 Å². The number of benzene rings is 1. The van der Waals surface area contributed by atoms with Crippen LogP contribution in [0.5, 0.6) is 0 Å². The van der Waals surface area contributed by atoms with Crippen LogP contribution in [-0.4, -0.2) is 34.1 Å². The predicted octanol–water partition coefficient (Wildman–Crippen LogP) is 1.36. The van der Waals surface area contributed by atoms with Crippen molar-refractivity contribution in [1.82, 2.24) is 4.57 Å². The Morgan fingerprint density at radius 2 is 1.96 bits per heavy atom. The number of nitrogens with zero attached hydrogens (tertiary/aromatic N) is 1. The second kappa shape index (κ2) is 7.91. The van der Waals surface area contributed by atoms with Gasteiger partial charge in [-0.15, -0.1) is 0 Å². The van der Waals surface area contributed by atoms with E-state index in [1.807, 2.05) is 0 Å². The molecule has 0 aliphatic carbocycles. The maximum Gasteiger partial charge on any atom is 0.341 e. The third-order valence-electron chi connectivity index (χ3n) is 3.22. The standard InChI is InChI=1S/C17H16N2O6/c1-2-25-17(24)11-5-3-6-12(9-11)18-14(20)10-19-8-4-7-13(15(19)21)16(22)23/h3-9H,2,10H2,1H3,(H,18,20)(H,22,23). The molecule has 8 heteroatoms. The summed E-state index contributed by atoms with van der Waals surface area (Å²) < 4.78 is 5.88. The van der Waals surface area contributed by atoms with Gasteiger partial charge in [0.2, 0.25) is 5.91 Å². The number of carboxylic acid groups (broad SMARTS) is 1. The van der Waals surface area contributed by atoms with E-state index in [1.54, 1.807) is 25.1 Å². The van der Waals surface area contributed by atoms with Crippen LogP contribution < -0.4 is 10.9 Å². The minimum Gasteiger partial charge on any atom is -0.477 e. The van der Waals surface area contributed by atoms with Gasteiger partial charge in [-0.25, -0.2) is 9.59 Å². The van der Waals surface area contributed by atoms with Crippen LogP contribution in [-0.2, 0) is 16.1 Å². The Morgan fingerprint density at radius 3 is 2.64 bits per heavy atom. The number of aromatic nitrogens is 1. The molecular weight excluding hydrogens is 328 g/mol. The SMILES string of the molecule is CCOC(=O)c1cccc(NC(=O)Cn2cccc(C(=O)O)c2=O)c1. The van der Waals surface area contributed by atoms with Crippen LogP contribution in [0.4, 0.5) is 5.69 Å². The van der Waals surface area contributed by atoms with Crippen molar-refractivity contribution in [3.63, 3.8) is 0 Å². The van der Waals surface area contributed by atoms with Gasteiger partial charge in [-0.3, -0.25) is 9.59 Å². The summed E-state index contributed by atoms with van der Waals surface area (Å²) in [6, 6.07) is 8.71. The summed E-state index contributed by atoms with van der Waals surface area (Å²) in [6.07, 6.45) is 1.32. The van der Waals surface area contributed by atoms with Crippen molar-refractivity contribution in [2.24, 2.45) is 0 Å². The van der Waals surface area contributed by atoms with Crippen molar-refractivity contribution in [2.45, 2.75) is 13.5 Å². The van der Waals surface area contributed by atoms with Gasteiger partial charge in [-0.1, -0.05) is 6.07 Å². The third kappa shape index (κ3) is 4.54. The third-order valence-corrected chi connectivity index (χ3v) is 3.22. The van der Waals surface area contributed by atoms with Crippen molar-refractivity contribution in [1.29, 1.82) is 0 Å². The molecule has 0 unspecified atom stereocenters. The Bertz CT molecular complexity index is 871. The molecule has 0 bridgehead atoms. The van der Waals surface area contributed by atoms with Crippen LogP contribution in [0, 0.1) is 0 Å². The number of esters is 1. The largest absolute Gasteiger partial charge is 0.477 e. The lowest BCUT2D eigenvalue weighted by atomic mass is 10.2. The molecular formula is C17H16N2O6. The van der Waals surface area contributed by atoms with E-state index in [9.17, 15) is 19.2 Å². The number of rotatable bonds is 6. The fraction of sp³-hybridized carbons (Fsp3) is 0.176. The van der Waals surface area contributed by atoms with Crippen molar-refractivity contribution in [3.05, 3.63) is 64.1 Å². The molecule has 0 aliphatic rings. The number of hydrogen-bond acceptors (Lipinski definition) is 5. The molecule has 0 saturated heterocycles. The van der Waals surface area contributed by atoms with Crippen molar-refractivity contribution in [3.8, 4) is 0 Å². The Labute approximate surface area is 142 Å². The Hall–Kier alpha value is -3.42. The summed E-state index contributed by atoms with van der Waals surface area (Å²) >= 11 is 0. The molecule has 1 aromatic heterocycles. The van der Waals surface area contributed by atoms with Gasteiger partial charge in [0.05, 0.1) is 12.2 Å². The molecule has 0 aliphatic heterocycles. The highest BCUT2D eigenvalue weighted by Crippen LogP contribution is 2.12. The Morgan fingerprint density at radius 1 is 1.20 bits per heavy atom. The lowest BCUT2D eigenvalue weighted by Gasteiger charge is -2.09. The second-order valence-electron chi connectivity index (χ2n) is 5.01. The van der Waals surface area contributed by atoms with E-state index in [1.165, 1.54) is 24.4 Å². The quantitative estimate of drug-likeness (QED) is 0.765. The first-order valence-electron chi connectivity index (χ1n) is 7.42. The van der Waals surface area contributed by atoms with Crippen molar-refractivity contribution < 1.29 is 24.2 Å². The number of anilines is 1. The van der Waals surface area contributed by atoms with Gasteiger partial charge in [0.15, 0.2) is 0 Å². The molecule has 0 atom stereocenters. The molecule has 2 rings (SSSR count). The highest BCUT2D eigenvalue weighted by Gasteiger charge is 2.13. The van der Waals surface area contributed by atoms with Crippen LogP contribution in [0.15, 0.2) is 47.4 Å². The molecule has 0 fully saturated rings. The summed E-state index contributed by atoms with van der Waals surface area (Å²) in [4.78, 5) is 46.7. The van der Waals surface area contributed by atoms with Gasteiger partial charge < -0.3 is 19.7 Å². The molecule has 2 aromatic rings. The first-order valence-corrected chi connectivity index (χ1v) is 7.42. The number of aromatic carboxylic acids is 1. The smallest absolute Gasteiger partial charge is 0.341 e. The lowest BCUT2D eigenvalue weighted by molar-refractivity contribution is -0.116. The normalized spacial score (nSPS) is 10.1. The van der Waals surface area contributed by atoms with Crippen molar-refractivity contribution in [2.75, 3.05) is 11.9 Å². The number of amides is 1. The number of hydrogen-bond donors (Lipinski definition) is 2. The minimum absolute atomic E-state index is 0.234. The zero-order valence-corrected chi connectivity index (χ0v) is 13.4. The summed E-state index contributed by atoms with van der Waals surface area (Å²) in [7, 11) is 0. The van der Waals surface area contributed by atoms with Gasteiger partial charge in [0.1, 0.15) is 12.1 Å². The topological polar surface area (TPSA) is 115 Å². The highest BCUT2D eigenvalue weighted by atomic mass is 16.5. The Kier molecular flexibility index (Phi) is 5.67. The molecule has 130 valence electrons. The second-order valence-corrected chi connectivity index (χ2v) is 5.01. The molecule has 1 aromatic carbocycles. The zero-order chi connectivity index (χ0) is 18.4. The predicted molar refractivity (Wildman–Crippen MR) is 88.7 cm³/mol. The van der Waals surface area contributed by atoms with Crippen LogP contribution in [0.25, 0.3) is 0 Å². The van der Waals surface area contributed by atoms with Crippen LogP contribution in [0.3, 0.4) is 0 Å². The number of ether oxygens (including phenoxy) is 1. The molecule has 1 heterocycles. The highest BCUT2D eigenvalue weighted by molar-refractivity contribution is 5.94. The van der Waals surface area contributed by atoms with Gasteiger partial charge >= 0.3 is 11.9 Å². The van der Waals surface area contributed by atoms with E-state index in [0.717, 1.165) is 4.57 Å². The lowest BCUT2D eigenvalue weighted by Crippen LogP contribution is -2.30. The van der Waals surface area contributed by atoms with Crippen LogP contribution >= 0.6 is 0 Å². The van der Waals surface area contributed by atoms with Gasteiger partial charge in [0.25, 0.3) is 5.56 Å². The van der Waals surface area contributed by atoms with E-state index in [-0.39, 0.29) is 18.7 Å². The fourth-order valence-corrected chi connectivity index (χ4v) is 2.12. The van der Waals surface area contributed by atoms with E-state index >= 15 is 0 Å². The van der Waals surface area contributed by atoms with E-state index in [2.05, 4.69) is 5.32 Å². The van der Waals surface area contributed by atoms with Crippen LogP contribution in [0.1, 0.15) is 27.6 Å². The first-order chi connectivity index (χ1) is 11.9. The van der Waals surface area contributed by atoms with Crippen molar-refractivity contribution >= 4 is 23.5 Å². The average molecular weight is 344 g/mol. The molecule has 0 saturated carbocycles. The van der Waals surface area contributed by atoms with Gasteiger partial charge in [-0.2, -0.15) is 0 Å². The maximum atomic E-state index is 12.1. The number of pyridine rings is 1. The van der Waals surface area contributed by atoms with E-state index in [4.69, 9.17) is 9.84 Å². The Balaban J connectivity index is 2.12. The number of carboxylic acids is 1. The summed E-state index contributed by atoms with van der Waals surface area (Å²) in [5.74, 6) is -2.41. The number of carbonyl (C=O) groups is 3. The fourth-order valence-electron chi connectivity index (χ4n) is 2.12. The minimum atomic E-state index is -1.36. The molecule has 8 nitrogen and oxygen atoms in total. The summed E-state index contributed by atoms with van der Waals surface area (Å²) in [6.45, 7) is 1.56. The first kappa shape index (κ1) is 17.9. The molecule has 2 N–H and O–H groups in total. The molecule has 0 spiro atoms. The monoisotopic (exact) mass is 344 g/mol. The maximum absolute atomic E-state index is 12.1. The van der Waals surface area contributed by atoms with E-state index in [0.29, 0.717) is 5.69 Å².